The molecule has 5 rings (SSSR count). The van der Waals surface area contributed by atoms with Gasteiger partial charge in [0.25, 0.3) is 6.29 Å². The smallest absolute Gasteiger partial charge is 0.334 e. The van der Waals surface area contributed by atoms with Crippen LogP contribution in [0.2, 0.25) is 0 Å². The van der Waals surface area contributed by atoms with Crippen LogP contribution in [-0.2, 0) is 42.9 Å². The van der Waals surface area contributed by atoms with Crippen molar-refractivity contribution in [2.45, 2.75) is 130 Å². The zero-order chi connectivity index (χ0) is 30.7. The maximum Gasteiger partial charge on any atom is 0.334 e. The van der Waals surface area contributed by atoms with Gasteiger partial charge in [0, 0.05) is 25.5 Å². The molecule has 9 atom stereocenters. The topological polar surface area (TPSA) is 114 Å². The molecule has 0 aromatic rings. The maximum absolute atomic E-state index is 12.9. The first kappa shape index (κ1) is 31.0. The van der Waals surface area contributed by atoms with Crippen molar-refractivity contribution in [1.82, 2.24) is 0 Å². The maximum atomic E-state index is 12.9. The molecular weight excluding hydrogens is 540 g/mol. The number of hydrogen-bond acceptors (Lipinski definition) is 9. The molecule has 234 valence electrons. The molecule has 0 N–H and O–H groups in total. The van der Waals surface area contributed by atoms with E-state index in [1.165, 1.54) is 39.2 Å². The van der Waals surface area contributed by atoms with Gasteiger partial charge in [-0.15, -0.1) is 0 Å². The number of carbonyl (C=O) groups is 4. The van der Waals surface area contributed by atoms with Crippen molar-refractivity contribution >= 4 is 23.9 Å². The van der Waals surface area contributed by atoms with Crippen molar-refractivity contribution in [3.8, 4) is 0 Å². The summed E-state index contributed by atoms with van der Waals surface area (Å²) in [7, 11) is 0. The van der Waals surface area contributed by atoms with E-state index in [4.69, 9.17) is 23.7 Å². The zero-order valence-corrected chi connectivity index (χ0v) is 26.3. The normalized spacial score (nSPS) is 40.9. The Morgan fingerprint density at radius 2 is 1.64 bits per heavy atom. The molecule has 3 aliphatic carbocycles. The molecule has 0 radical (unpaired) electrons. The highest BCUT2D eigenvalue weighted by atomic mass is 16.7. The van der Waals surface area contributed by atoms with Crippen LogP contribution in [0, 0.1) is 34.0 Å². The van der Waals surface area contributed by atoms with Crippen LogP contribution in [0.5, 0.6) is 0 Å². The van der Waals surface area contributed by atoms with Crippen LogP contribution >= 0.6 is 0 Å². The fourth-order valence-electron chi connectivity index (χ4n) is 10.2. The summed E-state index contributed by atoms with van der Waals surface area (Å²) < 4.78 is 28.6. The molecule has 9 nitrogen and oxygen atoms in total. The van der Waals surface area contributed by atoms with Gasteiger partial charge in [-0.3, -0.25) is 14.4 Å². The van der Waals surface area contributed by atoms with E-state index in [0.717, 1.165) is 25.7 Å². The quantitative estimate of drug-likeness (QED) is 0.284. The van der Waals surface area contributed by atoms with E-state index in [9.17, 15) is 19.2 Å². The van der Waals surface area contributed by atoms with E-state index in [1.54, 1.807) is 6.92 Å². The molecule has 9 heteroatoms. The molecule has 5 aliphatic rings. The minimum Gasteiger partial charge on any atom is -0.462 e. The van der Waals surface area contributed by atoms with Gasteiger partial charge in [0.05, 0.1) is 12.5 Å². The highest BCUT2D eigenvalue weighted by molar-refractivity contribution is 5.86. The average molecular weight is 589 g/mol. The lowest BCUT2D eigenvalue weighted by Crippen LogP contribution is -2.63. The number of rotatable bonds is 7. The zero-order valence-electron chi connectivity index (χ0n) is 26.3. The van der Waals surface area contributed by atoms with Crippen LogP contribution in [0.15, 0.2) is 11.6 Å². The molecule has 0 spiro atoms. The lowest BCUT2D eigenvalue weighted by atomic mass is 9.38. The molecule has 42 heavy (non-hydrogen) atoms. The average Bonchev–Trinajstić information content (AvgIpc) is 3.42. The third-order valence-electron chi connectivity index (χ3n) is 11.7. The van der Waals surface area contributed by atoms with Crippen molar-refractivity contribution in [3.05, 3.63) is 11.6 Å². The molecule has 0 aromatic carbocycles. The van der Waals surface area contributed by atoms with Crippen molar-refractivity contribution in [2.24, 2.45) is 34.0 Å². The number of fused-ring (bicyclic) bond motifs is 5. The first-order valence-electron chi connectivity index (χ1n) is 15.7. The molecule has 4 fully saturated rings. The van der Waals surface area contributed by atoms with Crippen molar-refractivity contribution < 1.29 is 42.9 Å². The monoisotopic (exact) mass is 588 g/mol. The Labute approximate surface area is 249 Å². The van der Waals surface area contributed by atoms with Crippen LogP contribution in [-0.4, -0.2) is 54.6 Å². The third-order valence-corrected chi connectivity index (χ3v) is 11.7. The number of hydrogen-bond donors (Lipinski definition) is 0. The summed E-state index contributed by atoms with van der Waals surface area (Å²) in [6.45, 7) is 14.1. The molecular formula is C33H48O9. The van der Waals surface area contributed by atoms with Crippen LogP contribution in [0.25, 0.3) is 0 Å². The van der Waals surface area contributed by atoms with Gasteiger partial charge in [0.1, 0.15) is 18.3 Å². The van der Waals surface area contributed by atoms with Crippen LogP contribution < -0.4 is 0 Å². The Morgan fingerprint density at radius 1 is 0.952 bits per heavy atom. The number of ether oxygens (including phenoxy) is 5. The van der Waals surface area contributed by atoms with Gasteiger partial charge in [-0.1, -0.05) is 34.1 Å². The summed E-state index contributed by atoms with van der Waals surface area (Å²) in [4.78, 5) is 48.3. The molecule has 0 bridgehead atoms. The second kappa shape index (κ2) is 10.9. The predicted molar refractivity (Wildman–Crippen MR) is 152 cm³/mol. The van der Waals surface area contributed by atoms with Crippen LogP contribution in [0.4, 0.5) is 0 Å². The van der Waals surface area contributed by atoms with Gasteiger partial charge in [-0.2, -0.15) is 0 Å². The van der Waals surface area contributed by atoms with E-state index in [1.807, 2.05) is 0 Å². The third kappa shape index (κ3) is 5.39. The molecule has 1 unspecified atom stereocenters. The van der Waals surface area contributed by atoms with Gasteiger partial charge in [-0.25, -0.2) is 4.79 Å². The molecule has 3 saturated carbocycles. The Balaban J connectivity index is 1.44. The molecule has 0 aromatic heterocycles. The van der Waals surface area contributed by atoms with E-state index < -0.39 is 48.0 Å². The molecule has 2 heterocycles. The molecule has 0 amide bonds. The number of esters is 4. The van der Waals surface area contributed by atoms with Crippen molar-refractivity contribution in [1.29, 1.82) is 0 Å². The number of carbonyl (C=O) groups excluding carboxylic acids is 4. The Bertz CT molecular complexity index is 1160. The van der Waals surface area contributed by atoms with E-state index >= 15 is 0 Å². The molecule has 2 aliphatic heterocycles. The van der Waals surface area contributed by atoms with E-state index in [2.05, 4.69) is 27.7 Å². The highest BCUT2D eigenvalue weighted by Crippen LogP contribution is 2.71. The minimum absolute atomic E-state index is 0.0412. The SMILES string of the molecule is CC(=O)OC(C)CC(=O)OC[C@]12CC[C@H]3[C@@](C)(CC[C@H]4C(C)(C)CCC[C@]34C)[C@@H]1C[C@@H](C1=CC(=O)O[C@@H]1OC(C)=O)O2. The first-order valence-corrected chi connectivity index (χ1v) is 15.7. The van der Waals surface area contributed by atoms with Gasteiger partial charge in [0.15, 0.2) is 0 Å². The predicted octanol–water partition coefficient (Wildman–Crippen LogP) is 5.43. The highest BCUT2D eigenvalue weighted by Gasteiger charge is 2.68. The second-order valence-electron chi connectivity index (χ2n) is 14.8. The fourth-order valence-corrected chi connectivity index (χ4v) is 10.2. The van der Waals surface area contributed by atoms with Gasteiger partial charge in [-0.05, 0) is 85.9 Å². The van der Waals surface area contributed by atoms with Gasteiger partial charge >= 0.3 is 23.9 Å². The van der Waals surface area contributed by atoms with Crippen molar-refractivity contribution in [3.63, 3.8) is 0 Å². The Morgan fingerprint density at radius 3 is 2.33 bits per heavy atom. The Hall–Kier alpha value is -2.42. The van der Waals surface area contributed by atoms with E-state index in [-0.39, 0.29) is 29.8 Å². The summed E-state index contributed by atoms with van der Waals surface area (Å²) >= 11 is 0. The summed E-state index contributed by atoms with van der Waals surface area (Å²) in [5.74, 6) is -0.790. The number of cyclic esters (lactones) is 1. The second-order valence-corrected chi connectivity index (χ2v) is 14.8. The lowest BCUT2D eigenvalue weighted by Gasteiger charge is -2.67. The molecule has 1 saturated heterocycles. The Kier molecular flexibility index (Phi) is 8.08. The van der Waals surface area contributed by atoms with Crippen LogP contribution in [0.1, 0.15) is 106 Å². The lowest BCUT2D eigenvalue weighted by molar-refractivity contribution is -0.217. The van der Waals surface area contributed by atoms with Crippen molar-refractivity contribution in [2.75, 3.05) is 6.61 Å². The summed E-state index contributed by atoms with van der Waals surface area (Å²) in [5.41, 5.74) is 0.204. The van der Waals surface area contributed by atoms with Gasteiger partial charge in [0.2, 0.25) is 0 Å². The van der Waals surface area contributed by atoms with E-state index in [0.29, 0.717) is 29.2 Å². The fraction of sp³-hybridized carbons (Fsp3) is 0.818. The first-order chi connectivity index (χ1) is 19.6. The standard InChI is InChI=1S/C33H48O9/c1-19(39-20(2)34)15-27(36)38-18-33-14-10-25-31(6)12-8-11-30(4,5)24(31)9-13-32(25,7)26(33)17-23(42-33)22-16-28(37)41-29(22)40-21(3)35/h16,19,23-26,29H,8-15,17-18H2,1-7H3/t19?,23-,24-,25+,26-,29-,31-,32+,33+/m0/s1. The summed E-state index contributed by atoms with van der Waals surface area (Å²) in [6.07, 6.45) is 7.37. The largest absolute Gasteiger partial charge is 0.462 e. The van der Waals surface area contributed by atoms with Crippen LogP contribution in [0.3, 0.4) is 0 Å². The summed E-state index contributed by atoms with van der Waals surface area (Å²) in [5, 5.41) is 0. The van der Waals surface area contributed by atoms with Gasteiger partial charge < -0.3 is 23.7 Å². The minimum atomic E-state index is -1.11. The summed E-state index contributed by atoms with van der Waals surface area (Å²) in [6, 6.07) is 0.